The molecule has 1 fully saturated rings. The molecule has 0 aliphatic carbocycles. The molecule has 0 saturated carbocycles. The summed E-state index contributed by atoms with van der Waals surface area (Å²) in [4.78, 5) is 41.9. The fraction of sp³-hybridized carbons (Fsp3) is 0.227. The molecule has 3 amide bonds. The molecule has 1 aromatic carbocycles. The molecule has 9 nitrogen and oxygen atoms in total. The lowest BCUT2D eigenvalue weighted by Crippen LogP contribution is -2.57. The maximum Gasteiger partial charge on any atom is 0.288 e. The molecule has 1 N–H and O–H groups in total. The van der Waals surface area contributed by atoms with E-state index < -0.39 is 27.0 Å². The Labute approximate surface area is 194 Å². The average Bonchev–Trinajstić information content (AvgIpc) is 3.57. The third-order valence-corrected chi connectivity index (χ3v) is 7.95. The Morgan fingerprint density at radius 2 is 1.61 bits per heavy atom. The summed E-state index contributed by atoms with van der Waals surface area (Å²) in [6.07, 6.45) is 1.28. The molecule has 11 heteroatoms. The van der Waals surface area contributed by atoms with Gasteiger partial charge in [-0.2, -0.15) is 0 Å². The van der Waals surface area contributed by atoms with Crippen LogP contribution in [0.4, 0.5) is 0 Å². The third-order valence-electron chi connectivity index (χ3n) is 5.22. The van der Waals surface area contributed by atoms with E-state index in [2.05, 4.69) is 5.32 Å². The Morgan fingerprint density at radius 3 is 2.21 bits per heavy atom. The van der Waals surface area contributed by atoms with Gasteiger partial charge in [0, 0.05) is 26.2 Å². The summed E-state index contributed by atoms with van der Waals surface area (Å²) in [5.74, 6) is -1.81. The molecule has 3 aromatic rings. The Hall–Kier alpha value is -3.44. The molecule has 1 atom stereocenters. The highest BCUT2D eigenvalue weighted by Crippen LogP contribution is 2.19. The van der Waals surface area contributed by atoms with Crippen LogP contribution in [-0.4, -0.2) is 67.5 Å². The Bertz CT molecular complexity index is 1220. The monoisotopic (exact) mass is 487 g/mol. The minimum Gasteiger partial charge on any atom is -0.459 e. The van der Waals surface area contributed by atoms with Crippen LogP contribution in [0.2, 0.25) is 0 Å². The molecule has 172 valence electrons. The number of furan rings is 1. The van der Waals surface area contributed by atoms with Crippen LogP contribution in [0, 0.1) is 0 Å². The van der Waals surface area contributed by atoms with Crippen molar-refractivity contribution in [3.05, 3.63) is 76.9 Å². The third kappa shape index (κ3) is 4.83. The van der Waals surface area contributed by atoms with Gasteiger partial charge >= 0.3 is 0 Å². The summed E-state index contributed by atoms with van der Waals surface area (Å²) in [6, 6.07) is 13.9. The maximum atomic E-state index is 13.3. The van der Waals surface area contributed by atoms with Gasteiger partial charge in [-0.05, 0) is 35.7 Å². The van der Waals surface area contributed by atoms with E-state index in [0.717, 1.165) is 0 Å². The smallest absolute Gasteiger partial charge is 0.288 e. The fourth-order valence-electron chi connectivity index (χ4n) is 3.47. The largest absolute Gasteiger partial charge is 0.459 e. The molecular weight excluding hydrogens is 466 g/mol. The first-order valence-electron chi connectivity index (χ1n) is 10.1. The quantitative estimate of drug-likeness (QED) is 0.567. The number of rotatable bonds is 6. The van der Waals surface area contributed by atoms with Gasteiger partial charge in [0.2, 0.25) is 15.2 Å². The number of carbonyl (C=O) groups is 3. The van der Waals surface area contributed by atoms with Gasteiger partial charge in [0.1, 0.15) is 0 Å². The highest BCUT2D eigenvalue weighted by molar-refractivity contribution is 7.92. The van der Waals surface area contributed by atoms with E-state index in [-0.39, 0.29) is 42.7 Å². The molecule has 0 radical (unpaired) electrons. The molecule has 1 aliphatic heterocycles. The van der Waals surface area contributed by atoms with Gasteiger partial charge in [-0.15, -0.1) is 11.3 Å². The minimum absolute atomic E-state index is 0.0883. The number of thiophene rings is 1. The van der Waals surface area contributed by atoms with Crippen molar-refractivity contribution in [2.24, 2.45) is 0 Å². The standard InChI is InChI=1S/C22H21N3O6S2/c26-19(17-8-4-14-31-17)23-20(33(29,30)16-6-2-1-3-7-16)22(28)25-12-10-24(11-13-25)21(27)18-9-5-15-32-18/h1-9,14-15,20H,10-13H2,(H,23,26)/t20-/m0/s1. The molecule has 0 unspecified atom stereocenters. The lowest BCUT2D eigenvalue weighted by atomic mass is 10.3. The summed E-state index contributed by atoms with van der Waals surface area (Å²) in [6.45, 7) is 0.806. The number of carbonyl (C=O) groups excluding carboxylic acids is 3. The van der Waals surface area contributed by atoms with Gasteiger partial charge in [0.15, 0.2) is 5.76 Å². The number of nitrogens with zero attached hydrogens (tertiary/aromatic N) is 2. The second-order valence-corrected chi connectivity index (χ2v) is 10.3. The summed E-state index contributed by atoms with van der Waals surface area (Å²) in [5.41, 5.74) is 0. The molecule has 1 aliphatic rings. The summed E-state index contributed by atoms with van der Waals surface area (Å²) in [7, 11) is -4.24. The summed E-state index contributed by atoms with van der Waals surface area (Å²) >= 11 is 1.34. The lowest BCUT2D eigenvalue weighted by molar-refractivity contribution is -0.132. The fourth-order valence-corrected chi connectivity index (χ4v) is 5.64. The summed E-state index contributed by atoms with van der Waals surface area (Å²) < 4.78 is 31.6. The average molecular weight is 488 g/mol. The normalized spacial score (nSPS) is 15.2. The number of amides is 3. The van der Waals surface area contributed by atoms with Crippen LogP contribution in [-0.2, 0) is 14.6 Å². The highest BCUT2D eigenvalue weighted by atomic mass is 32.2. The van der Waals surface area contributed by atoms with E-state index in [9.17, 15) is 22.8 Å². The molecular formula is C22H21N3O6S2. The Morgan fingerprint density at radius 1 is 0.909 bits per heavy atom. The zero-order valence-electron chi connectivity index (χ0n) is 17.4. The van der Waals surface area contributed by atoms with E-state index >= 15 is 0 Å². The molecule has 2 aromatic heterocycles. The second kappa shape index (κ2) is 9.59. The molecule has 33 heavy (non-hydrogen) atoms. The van der Waals surface area contributed by atoms with Crippen LogP contribution in [0.25, 0.3) is 0 Å². The van der Waals surface area contributed by atoms with Crippen molar-refractivity contribution in [1.82, 2.24) is 15.1 Å². The van der Waals surface area contributed by atoms with Crippen molar-refractivity contribution in [2.75, 3.05) is 26.2 Å². The van der Waals surface area contributed by atoms with Crippen molar-refractivity contribution in [1.29, 1.82) is 0 Å². The van der Waals surface area contributed by atoms with Crippen LogP contribution in [0.3, 0.4) is 0 Å². The van der Waals surface area contributed by atoms with Crippen molar-refractivity contribution in [3.8, 4) is 0 Å². The molecule has 0 spiro atoms. The van der Waals surface area contributed by atoms with E-state index in [0.29, 0.717) is 4.88 Å². The molecule has 4 rings (SSSR count). The zero-order valence-corrected chi connectivity index (χ0v) is 19.1. The molecule has 1 saturated heterocycles. The zero-order chi connectivity index (χ0) is 23.4. The van der Waals surface area contributed by atoms with E-state index in [1.54, 1.807) is 23.1 Å². The summed E-state index contributed by atoms with van der Waals surface area (Å²) in [5, 5.41) is 2.30. The van der Waals surface area contributed by atoms with Gasteiger partial charge in [-0.1, -0.05) is 24.3 Å². The van der Waals surface area contributed by atoms with E-state index in [1.165, 1.54) is 58.9 Å². The first-order valence-corrected chi connectivity index (χ1v) is 12.6. The number of benzene rings is 1. The predicted octanol–water partition coefficient (Wildman–Crippen LogP) is 1.86. The van der Waals surface area contributed by atoms with Crippen molar-refractivity contribution in [2.45, 2.75) is 10.3 Å². The predicted molar refractivity (Wildman–Crippen MR) is 120 cm³/mol. The molecule has 3 heterocycles. The first kappa shape index (κ1) is 22.7. The van der Waals surface area contributed by atoms with Crippen molar-refractivity contribution >= 4 is 38.9 Å². The van der Waals surface area contributed by atoms with Crippen LogP contribution < -0.4 is 5.32 Å². The highest BCUT2D eigenvalue weighted by Gasteiger charge is 2.40. The number of sulfone groups is 1. The molecule has 0 bridgehead atoms. The number of nitrogens with one attached hydrogen (secondary N) is 1. The van der Waals surface area contributed by atoms with Crippen LogP contribution in [0.5, 0.6) is 0 Å². The number of hydrogen-bond donors (Lipinski definition) is 1. The van der Waals surface area contributed by atoms with Gasteiger partial charge in [-0.3, -0.25) is 14.4 Å². The van der Waals surface area contributed by atoms with Gasteiger partial charge < -0.3 is 19.5 Å². The van der Waals surface area contributed by atoms with Crippen LogP contribution in [0.1, 0.15) is 20.2 Å². The van der Waals surface area contributed by atoms with E-state index in [4.69, 9.17) is 4.42 Å². The minimum atomic E-state index is -4.24. The maximum absolute atomic E-state index is 13.3. The van der Waals surface area contributed by atoms with Gasteiger partial charge in [0.25, 0.3) is 17.7 Å². The van der Waals surface area contributed by atoms with Crippen molar-refractivity contribution in [3.63, 3.8) is 0 Å². The number of piperazine rings is 1. The second-order valence-electron chi connectivity index (χ2n) is 7.28. The Kier molecular flexibility index (Phi) is 6.61. The SMILES string of the molecule is O=C(N[C@H](C(=O)N1CCN(C(=O)c2cccs2)CC1)S(=O)(=O)c1ccccc1)c1ccco1. The lowest BCUT2D eigenvalue weighted by Gasteiger charge is -2.36. The Balaban J connectivity index is 1.53. The van der Waals surface area contributed by atoms with Crippen LogP contribution >= 0.6 is 11.3 Å². The topological polar surface area (TPSA) is 117 Å². The van der Waals surface area contributed by atoms with Crippen LogP contribution in [0.15, 0.2) is 75.6 Å². The van der Waals surface area contributed by atoms with Crippen molar-refractivity contribution < 1.29 is 27.2 Å². The first-order chi connectivity index (χ1) is 15.9. The van der Waals surface area contributed by atoms with E-state index in [1.807, 2.05) is 5.38 Å². The van der Waals surface area contributed by atoms with Gasteiger partial charge in [0.05, 0.1) is 16.0 Å². The number of hydrogen-bond acceptors (Lipinski definition) is 7. The van der Waals surface area contributed by atoms with Gasteiger partial charge in [-0.25, -0.2) is 8.42 Å².